The van der Waals surface area contributed by atoms with Crippen molar-refractivity contribution in [1.82, 2.24) is 4.90 Å². The zero-order valence-electron chi connectivity index (χ0n) is 12.3. The van der Waals surface area contributed by atoms with Crippen molar-refractivity contribution in [1.29, 1.82) is 0 Å². The fourth-order valence-electron chi connectivity index (χ4n) is 2.47. The fourth-order valence-corrected chi connectivity index (χ4v) is 2.47. The summed E-state index contributed by atoms with van der Waals surface area (Å²) < 4.78 is 0. The maximum atomic E-state index is 12.2. The SMILES string of the molecule is CC1(C)CC(=O)N(Cc2ccccc2C#CCO)C(=O)C1. The first-order valence-electron chi connectivity index (χ1n) is 6.94. The Balaban J connectivity index is 2.22. The number of benzene rings is 1. The summed E-state index contributed by atoms with van der Waals surface area (Å²) in [5.74, 6) is 5.17. The molecule has 1 aliphatic heterocycles. The maximum Gasteiger partial charge on any atom is 0.230 e. The third kappa shape index (κ3) is 3.71. The first kappa shape index (κ1) is 15.3. The van der Waals surface area contributed by atoms with Gasteiger partial charge in [-0.25, -0.2) is 0 Å². The van der Waals surface area contributed by atoms with Crippen LogP contribution in [0.15, 0.2) is 24.3 Å². The molecule has 2 amide bonds. The van der Waals surface area contributed by atoms with E-state index in [4.69, 9.17) is 5.11 Å². The number of aliphatic hydroxyl groups is 1. The van der Waals surface area contributed by atoms with Gasteiger partial charge in [0.05, 0.1) is 6.54 Å². The molecule has 0 bridgehead atoms. The predicted octanol–water partition coefficient (Wildman–Crippen LogP) is 1.71. The number of piperidine rings is 1. The summed E-state index contributed by atoms with van der Waals surface area (Å²) in [4.78, 5) is 25.7. The van der Waals surface area contributed by atoms with Gasteiger partial charge in [0.15, 0.2) is 0 Å². The Morgan fingerprint density at radius 1 is 1.19 bits per heavy atom. The molecule has 21 heavy (non-hydrogen) atoms. The highest BCUT2D eigenvalue weighted by Gasteiger charge is 2.37. The van der Waals surface area contributed by atoms with Gasteiger partial charge in [-0.15, -0.1) is 0 Å². The highest BCUT2D eigenvalue weighted by Crippen LogP contribution is 2.32. The lowest BCUT2D eigenvalue weighted by Crippen LogP contribution is -2.45. The second-order valence-electron chi connectivity index (χ2n) is 6.01. The van der Waals surface area contributed by atoms with Crippen LogP contribution in [-0.2, 0) is 16.1 Å². The van der Waals surface area contributed by atoms with Crippen LogP contribution in [0, 0.1) is 17.3 Å². The summed E-state index contributed by atoms with van der Waals surface area (Å²) in [6.45, 7) is 3.88. The van der Waals surface area contributed by atoms with E-state index in [0.717, 1.165) is 11.1 Å². The van der Waals surface area contributed by atoms with E-state index in [0.29, 0.717) is 12.8 Å². The van der Waals surface area contributed by atoms with E-state index in [1.54, 1.807) is 0 Å². The Labute approximate surface area is 124 Å². The summed E-state index contributed by atoms with van der Waals surface area (Å²) in [5, 5.41) is 8.79. The summed E-state index contributed by atoms with van der Waals surface area (Å²) in [6, 6.07) is 7.36. The lowest BCUT2D eigenvalue weighted by molar-refractivity contribution is -0.153. The van der Waals surface area contributed by atoms with Crippen molar-refractivity contribution >= 4 is 11.8 Å². The molecule has 1 N–H and O–H groups in total. The number of hydrogen-bond donors (Lipinski definition) is 1. The number of amides is 2. The lowest BCUT2D eigenvalue weighted by Gasteiger charge is -2.34. The zero-order valence-corrected chi connectivity index (χ0v) is 12.3. The van der Waals surface area contributed by atoms with Crippen LogP contribution in [0.5, 0.6) is 0 Å². The monoisotopic (exact) mass is 285 g/mol. The molecule has 1 aromatic carbocycles. The van der Waals surface area contributed by atoms with E-state index in [1.165, 1.54) is 4.90 Å². The normalized spacial score (nSPS) is 17.4. The average molecular weight is 285 g/mol. The number of carbonyl (C=O) groups is 2. The van der Waals surface area contributed by atoms with E-state index in [9.17, 15) is 9.59 Å². The molecule has 0 unspecified atom stereocenters. The number of hydrogen-bond acceptors (Lipinski definition) is 3. The molecule has 4 nitrogen and oxygen atoms in total. The Morgan fingerprint density at radius 2 is 1.81 bits per heavy atom. The van der Waals surface area contributed by atoms with Crippen LogP contribution in [0.4, 0.5) is 0 Å². The molecule has 4 heteroatoms. The molecule has 1 fully saturated rings. The van der Waals surface area contributed by atoms with Gasteiger partial charge in [0.1, 0.15) is 6.61 Å². The second kappa shape index (κ2) is 6.11. The first-order valence-corrected chi connectivity index (χ1v) is 6.94. The van der Waals surface area contributed by atoms with Gasteiger partial charge in [-0.2, -0.15) is 0 Å². The standard InChI is InChI=1S/C17H19NO3/c1-17(2)10-15(20)18(16(21)11-17)12-14-7-4-3-6-13(14)8-5-9-19/h3-4,6-7,19H,9-12H2,1-2H3. The van der Waals surface area contributed by atoms with Crippen molar-refractivity contribution in [2.24, 2.45) is 5.41 Å². The Morgan fingerprint density at radius 3 is 2.43 bits per heavy atom. The smallest absolute Gasteiger partial charge is 0.230 e. The molecule has 0 radical (unpaired) electrons. The predicted molar refractivity (Wildman–Crippen MR) is 79.0 cm³/mol. The summed E-state index contributed by atoms with van der Waals surface area (Å²) in [6.07, 6.45) is 0.756. The van der Waals surface area contributed by atoms with Gasteiger partial charge in [0.2, 0.25) is 11.8 Å². The van der Waals surface area contributed by atoms with Crippen LogP contribution in [0.25, 0.3) is 0 Å². The van der Waals surface area contributed by atoms with E-state index in [1.807, 2.05) is 38.1 Å². The van der Waals surface area contributed by atoms with Crippen LogP contribution in [0.1, 0.15) is 37.8 Å². The van der Waals surface area contributed by atoms with Crippen LogP contribution < -0.4 is 0 Å². The molecule has 110 valence electrons. The number of carbonyl (C=O) groups excluding carboxylic acids is 2. The highest BCUT2D eigenvalue weighted by atomic mass is 16.2. The molecule has 1 heterocycles. The number of likely N-dealkylation sites (tertiary alicyclic amines) is 1. The third-order valence-corrected chi connectivity index (χ3v) is 3.51. The van der Waals surface area contributed by atoms with Gasteiger partial charge in [0, 0.05) is 18.4 Å². The largest absolute Gasteiger partial charge is 0.384 e. The van der Waals surface area contributed by atoms with Crippen LogP contribution in [0.3, 0.4) is 0 Å². The van der Waals surface area contributed by atoms with Crippen molar-refractivity contribution in [3.63, 3.8) is 0 Å². The van der Waals surface area contributed by atoms with Crippen LogP contribution in [-0.4, -0.2) is 28.4 Å². The number of imide groups is 1. The van der Waals surface area contributed by atoms with Gasteiger partial charge >= 0.3 is 0 Å². The molecule has 2 rings (SSSR count). The van der Waals surface area contributed by atoms with Gasteiger partial charge in [0.25, 0.3) is 0 Å². The van der Waals surface area contributed by atoms with Crippen molar-refractivity contribution in [2.45, 2.75) is 33.2 Å². The van der Waals surface area contributed by atoms with E-state index in [2.05, 4.69) is 11.8 Å². The zero-order chi connectivity index (χ0) is 15.5. The van der Waals surface area contributed by atoms with Gasteiger partial charge in [-0.3, -0.25) is 14.5 Å². The third-order valence-electron chi connectivity index (χ3n) is 3.51. The maximum absolute atomic E-state index is 12.2. The van der Waals surface area contributed by atoms with Crippen molar-refractivity contribution < 1.29 is 14.7 Å². The Hall–Kier alpha value is -2.12. The highest BCUT2D eigenvalue weighted by molar-refractivity contribution is 5.98. The van der Waals surface area contributed by atoms with Crippen molar-refractivity contribution in [2.75, 3.05) is 6.61 Å². The van der Waals surface area contributed by atoms with Crippen LogP contribution >= 0.6 is 0 Å². The number of aliphatic hydroxyl groups excluding tert-OH is 1. The molecule has 1 saturated heterocycles. The van der Waals surface area contributed by atoms with Gasteiger partial charge in [-0.1, -0.05) is 43.9 Å². The molecule has 1 aliphatic rings. The van der Waals surface area contributed by atoms with E-state index in [-0.39, 0.29) is 30.4 Å². The molecule has 1 aromatic rings. The van der Waals surface area contributed by atoms with Crippen molar-refractivity contribution in [3.05, 3.63) is 35.4 Å². The van der Waals surface area contributed by atoms with Gasteiger partial charge in [-0.05, 0) is 17.0 Å². The quantitative estimate of drug-likeness (QED) is 0.665. The molecular weight excluding hydrogens is 266 g/mol. The first-order chi connectivity index (χ1) is 9.93. The topological polar surface area (TPSA) is 57.6 Å². The molecular formula is C17H19NO3. The average Bonchev–Trinajstić information content (AvgIpc) is 2.40. The van der Waals surface area contributed by atoms with Crippen molar-refractivity contribution in [3.8, 4) is 11.8 Å². The summed E-state index contributed by atoms with van der Waals surface area (Å²) >= 11 is 0. The Bertz CT molecular complexity index is 602. The summed E-state index contributed by atoms with van der Waals surface area (Å²) in [7, 11) is 0. The Kier molecular flexibility index (Phi) is 4.44. The molecule has 0 atom stereocenters. The molecule has 0 saturated carbocycles. The van der Waals surface area contributed by atoms with Gasteiger partial charge < -0.3 is 5.11 Å². The minimum absolute atomic E-state index is 0.138. The van der Waals surface area contributed by atoms with E-state index < -0.39 is 0 Å². The minimum Gasteiger partial charge on any atom is -0.384 e. The van der Waals surface area contributed by atoms with E-state index >= 15 is 0 Å². The number of rotatable bonds is 2. The summed E-state index contributed by atoms with van der Waals surface area (Å²) in [5.41, 5.74) is 1.29. The molecule has 0 aromatic heterocycles. The number of nitrogens with zero attached hydrogens (tertiary/aromatic N) is 1. The lowest BCUT2D eigenvalue weighted by atomic mass is 9.81. The van der Waals surface area contributed by atoms with Crippen LogP contribution in [0.2, 0.25) is 0 Å². The minimum atomic E-state index is -0.263. The molecule has 0 aliphatic carbocycles. The second-order valence-corrected chi connectivity index (χ2v) is 6.01. The fraction of sp³-hybridized carbons (Fsp3) is 0.412. The molecule has 0 spiro atoms.